The second-order valence-corrected chi connectivity index (χ2v) is 9.10. The fourth-order valence-electron chi connectivity index (χ4n) is 5.22. The zero-order valence-corrected chi connectivity index (χ0v) is 19.5. The molecule has 3 aromatic rings. The number of carbonyl (C=O) groups is 1. The molecular formula is C27H32N4O3. The molecule has 0 saturated carbocycles. The molecule has 5 N–H and O–H groups in total. The number of aromatic nitrogens is 1. The number of amidine groups is 1. The van der Waals surface area contributed by atoms with Gasteiger partial charge in [-0.1, -0.05) is 56.2 Å². The van der Waals surface area contributed by atoms with Crippen LogP contribution < -0.4 is 16.6 Å². The van der Waals surface area contributed by atoms with E-state index in [9.17, 15) is 14.7 Å². The summed E-state index contributed by atoms with van der Waals surface area (Å²) >= 11 is 0. The first-order valence-corrected chi connectivity index (χ1v) is 11.9. The van der Waals surface area contributed by atoms with Crippen LogP contribution in [-0.4, -0.2) is 34.6 Å². The summed E-state index contributed by atoms with van der Waals surface area (Å²) in [7, 11) is 0. The minimum absolute atomic E-state index is 0.0543. The Kier molecular flexibility index (Phi) is 7.12. The van der Waals surface area contributed by atoms with E-state index in [1.165, 1.54) is 0 Å². The molecule has 0 aliphatic carbocycles. The molecule has 1 aliphatic rings. The third-order valence-electron chi connectivity index (χ3n) is 6.96. The van der Waals surface area contributed by atoms with Gasteiger partial charge in [0.05, 0.1) is 11.4 Å². The van der Waals surface area contributed by atoms with Crippen LogP contribution in [0.25, 0.3) is 22.0 Å². The van der Waals surface area contributed by atoms with Crippen LogP contribution in [0.4, 0.5) is 0 Å². The van der Waals surface area contributed by atoms with Gasteiger partial charge in [-0.25, -0.2) is 0 Å². The van der Waals surface area contributed by atoms with Crippen molar-refractivity contribution >= 4 is 22.7 Å². The summed E-state index contributed by atoms with van der Waals surface area (Å²) in [5, 5.41) is 22.1. The molecule has 2 heterocycles. The Labute approximate surface area is 199 Å². The summed E-state index contributed by atoms with van der Waals surface area (Å²) in [5.74, 6) is -1.55. The number of aliphatic carboxylic acids is 1. The highest BCUT2D eigenvalue weighted by Crippen LogP contribution is 2.35. The first-order valence-electron chi connectivity index (χ1n) is 11.9. The highest BCUT2D eigenvalue weighted by molar-refractivity contribution is 5.96. The molecule has 4 rings (SSSR count). The molecule has 0 spiro atoms. The number of benzene rings is 2. The minimum Gasteiger partial charge on any atom is -0.481 e. The first-order chi connectivity index (χ1) is 16.4. The van der Waals surface area contributed by atoms with Crippen LogP contribution in [-0.2, 0) is 4.79 Å². The van der Waals surface area contributed by atoms with Crippen LogP contribution in [0, 0.1) is 17.2 Å². The number of fused-ring (bicyclic) bond motifs is 1. The smallest absolute Gasteiger partial charge is 0.306 e. The number of hydrogen-bond donors (Lipinski definition) is 4. The van der Waals surface area contributed by atoms with Crippen molar-refractivity contribution < 1.29 is 9.90 Å². The number of hydrogen-bond acceptors (Lipinski definition) is 4. The molecule has 1 aliphatic heterocycles. The van der Waals surface area contributed by atoms with Gasteiger partial charge in [0.1, 0.15) is 5.84 Å². The lowest BCUT2D eigenvalue weighted by Gasteiger charge is -2.37. The van der Waals surface area contributed by atoms with E-state index in [0.717, 1.165) is 30.2 Å². The molecule has 1 fully saturated rings. The molecule has 2 aromatic carbocycles. The lowest BCUT2D eigenvalue weighted by Crippen LogP contribution is -2.46. The van der Waals surface area contributed by atoms with E-state index in [-0.39, 0.29) is 23.4 Å². The van der Waals surface area contributed by atoms with E-state index in [1.807, 2.05) is 41.0 Å². The number of pyridine rings is 1. The monoisotopic (exact) mass is 460 g/mol. The van der Waals surface area contributed by atoms with E-state index in [2.05, 4.69) is 12.2 Å². The van der Waals surface area contributed by atoms with Gasteiger partial charge in [0.2, 0.25) is 0 Å². The number of carboxylic acid groups (broad SMARTS) is 1. The Balaban J connectivity index is 1.96. The normalized spacial score (nSPS) is 19.1. The largest absolute Gasteiger partial charge is 0.481 e. The number of para-hydroxylation sites is 1. The molecule has 1 aromatic heterocycles. The van der Waals surface area contributed by atoms with Gasteiger partial charge in [-0.15, -0.1) is 0 Å². The van der Waals surface area contributed by atoms with Crippen LogP contribution >= 0.6 is 0 Å². The number of nitrogens with one attached hydrogen (secondary N) is 2. The Hall–Kier alpha value is -3.45. The topological polar surface area (TPSA) is 121 Å². The van der Waals surface area contributed by atoms with Crippen molar-refractivity contribution in [3.05, 3.63) is 70.5 Å². The number of nitrogens with zero attached hydrogens (tertiary/aromatic N) is 1. The molecule has 34 heavy (non-hydrogen) atoms. The first kappa shape index (κ1) is 23.7. The average molecular weight is 461 g/mol. The molecule has 3 unspecified atom stereocenters. The van der Waals surface area contributed by atoms with Gasteiger partial charge in [-0.05, 0) is 48.5 Å². The quantitative estimate of drug-likeness (QED) is 0.299. The molecule has 0 amide bonds. The molecule has 0 bridgehead atoms. The van der Waals surface area contributed by atoms with Crippen molar-refractivity contribution in [1.82, 2.24) is 9.88 Å². The SMILES string of the molecule is CCCCC(C1CNCCC1C(=O)O)n1c(=O)c(-c2cccc(C(=N)N)c2)cc2ccccc21. The summed E-state index contributed by atoms with van der Waals surface area (Å²) in [6.45, 7) is 3.34. The van der Waals surface area contributed by atoms with E-state index in [0.29, 0.717) is 36.2 Å². The third-order valence-corrected chi connectivity index (χ3v) is 6.96. The number of nitrogen functional groups attached to an aromatic ring is 1. The fourth-order valence-corrected chi connectivity index (χ4v) is 5.22. The lowest BCUT2D eigenvalue weighted by atomic mass is 9.79. The minimum atomic E-state index is -0.796. The number of nitrogens with two attached hydrogens (primary N) is 1. The van der Waals surface area contributed by atoms with Crippen LogP contribution in [0.3, 0.4) is 0 Å². The summed E-state index contributed by atoms with van der Waals surface area (Å²) in [6.07, 6.45) is 3.14. The molecule has 1 saturated heterocycles. The zero-order valence-electron chi connectivity index (χ0n) is 19.5. The number of unbranched alkanes of at least 4 members (excludes halogenated alkanes) is 1. The van der Waals surface area contributed by atoms with E-state index < -0.39 is 11.9 Å². The highest BCUT2D eigenvalue weighted by Gasteiger charge is 2.38. The molecule has 3 atom stereocenters. The Bertz CT molecular complexity index is 1270. The molecular weight excluding hydrogens is 428 g/mol. The third kappa shape index (κ3) is 4.61. The number of rotatable bonds is 8. The maximum atomic E-state index is 14.1. The number of carboxylic acids is 1. The second kappa shape index (κ2) is 10.2. The van der Waals surface area contributed by atoms with Crippen molar-refractivity contribution in [1.29, 1.82) is 5.41 Å². The van der Waals surface area contributed by atoms with Gasteiger partial charge in [0.15, 0.2) is 0 Å². The van der Waals surface area contributed by atoms with E-state index in [1.54, 1.807) is 18.2 Å². The zero-order chi connectivity index (χ0) is 24.2. The van der Waals surface area contributed by atoms with E-state index >= 15 is 0 Å². The Morgan fingerprint density at radius 1 is 1.24 bits per heavy atom. The summed E-state index contributed by atoms with van der Waals surface area (Å²) in [4.78, 5) is 26.3. The standard InChI is InChI=1S/C27H32N4O3/c1-2-3-10-24(22-16-30-13-12-20(22)27(33)34)31-23-11-5-4-7-18(23)15-21(26(31)32)17-8-6-9-19(14-17)25(28)29/h4-9,11,14-15,20,22,24,30H,2-3,10,12-13,16H2,1H3,(H3,28,29)(H,33,34). The predicted molar refractivity (Wildman–Crippen MR) is 135 cm³/mol. The van der Waals surface area contributed by atoms with Crippen molar-refractivity contribution in [3.63, 3.8) is 0 Å². The molecule has 7 heteroatoms. The van der Waals surface area contributed by atoms with Crippen molar-refractivity contribution in [2.45, 2.75) is 38.6 Å². The molecule has 7 nitrogen and oxygen atoms in total. The van der Waals surface area contributed by atoms with Gasteiger partial charge in [-0.2, -0.15) is 0 Å². The maximum Gasteiger partial charge on any atom is 0.306 e. The average Bonchev–Trinajstić information content (AvgIpc) is 2.85. The van der Waals surface area contributed by atoms with Gasteiger partial charge in [0, 0.05) is 29.6 Å². The van der Waals surface area contributed by atoms with Crippen LogP contribution in [0.15, 0.2) is 59.4 Å². The second-order valence-electron chi connectivity index (χ2n) is 9.10. The molecule has 0 radical (unpaired) electrons. The maximum absolute atomic E-state index is 14.1. The van der Waals surface area contributed by atoms with Gasteiger partial charge < -0.3 is 20.7 Å². The van der Waals surface area contributed by atoms with Crippen molar-refractivity contribution in [3.8, 4) is 11.1 Å². The van der Waals surface area contributed by atoms with Crippen LogP contribution in [0.2, 0.25) is 0 Å². The fraction of sp³-hybridized carbons (Fsp3) is 0.370. The van der Waals surface area contributed by atoms with Crippen LogP contribution in [0.5, 0.6) is 0 Å². The summed E-state index contributed by atoms with van der Waals surface area (Å²) in [5.41, 5.74) is 8.15. The lowest BCUT2D eigenvalue weighted by molar-refractivity contribution is -0.145. The van der Waals surface area contributed by atoms with Gasteiger partial charge in [-0.3, -0.25) is 15.0 Å². The Morgan fingerprint density at radius 3 is 2.76 bits per heavy atom. The van der Waals surface area contributed by atoms with Gasteiger partial charge >= 0.3 is 5.97 Å². The van der Waals surface area contributed by atoms with Crippen LogP contribution in [0.1, 0.15) is 44.2 Å². The number of piperidine rings is 1. The summed E-state index contributed by atoms with van der Waals surface area (Å²) in [6, 6.07) is 16.6. The Morgan fingerprint density at radius 2 is 2.03 bits per heavy atom. The van der Waals surface area contributed by atoms with Crippen molar-refractivity contribution in [2.24, 2.45) is 17.6 Å². The molecule has 178 valence electrons. The predicted octanol–water partition coefficient (Wildman–Crippen LogP) is 3.99. The summed E-state index contributed by atoms with van der Waals surface area (Å²) < 4.78 is 1.84. The highest BCUT2D eigenvalue weighted by atomic mass is 16.4. The van der Waals surface area contributed by atoms with Crippen molar-refractivity contribution in [2.75, 3.05) is 13.1 Å². The van der Waals surface area contributed by atoms with E-state index in [4.69, 9.17) is 11.1 Å². The van der Waals surface area contributed by atoms with Gasteiger partial charge in [0.25, 0.3) is 5.56 Å².